The minimum absolute atomic E-state index is 0.307. The van der Waals surface area contributed by atoms with Crippen molar-refractivity contribution in [1.29, 1.82) is 0 Å². The molecule has 0 fully saturated rings. The van der Waals surface area contributed by atoms with Crippen molar-refractivity contribution in [1.82, 2.24) is 5.32 Å². The molecule has 78 valence electrons. The summed E-state index contributed by atoms with van der Waals surface area (Å²) in [7, 11) is 0. The Hall–Kier alpha value is -1.35. The van der Waals surface area contributed by atoms with Gasteiger partial charge in [0, 0.05) is 11.4 Å². The molecule has 0 aliphatic carbocycles. The monoisotopic (exact) mass is 218 g/mol. The van der Waals surface area contributed by atoms with E-state index in [9.17, 15) is 0 Å². The van der Waals surface area contributed by atoms with Crippen molar-refractivity contribution in [3.8, 4) is 0 Å². The van der Waals surface area contributed by atoms with Gasteiger partial charge < -0.3 is 10.2 Å². The van der Waals surface area contributed by atoms with Crippen molar-refractivity contribution in [2.75, 3.05) is 4.90 Å². The quantitative estimate of drug-likeness (QED) is 0.730. The van der Waals surface area contributed by atoms with E-state index < -0.39 is 0 Å². The number of allylic oxidation sites excluding steroid dienone is 1. The third-order valence-electron chi connectivity index (χ3n) is 2.46. The maximum atomic E-state index is 5.34. The molecule has 0 aromatic heterocycles. The van der Waals surface area contributed by atoms with Gasteiger partial charge in [0.2, 0.25) is 0 Å². The van der Waals surface area contributed by atoms with Crippen LogP contribution in [0.1, 0.15) is 13.8 Å². The molecule has 1 unspecified atom stereocenters. The lowest BCUT2D eigenvalue weighted by atomic mass is 10.2. The van der Waals surface area contributed by atoms with E-state index in [-0.39, 0.29) is 0 Å². The molecular weight excluding hydrogens is 204 g/mol. The number of nitrogens with zero attached hydrogens (tertiary/aromatic N) is 1. The molecule has 3 heteroatoms. The number of para-hydroxylation sites is 1. The lowest BCUT2D eigenvalue weighted by molar-refractivity contribution is 0.822. The Kier molecular flexibility index (Phi) is 2.73. The number of nitrogens with one attached hydrogen (secondary N) is 1. The van der Waals surface area contributed by atoms with Crippen LogP contribution >= 0.6 is 12.2 Å². The fraction of sp³-hybridized carbons (Fsp3) is 0.250. The topological polar surface area (TPSA) is 15.3 Å². The van der Waals surface area contributed by atoms with Crippen molar-refractivity contribution in [3.63, 3.8) is 0 Å². The first-order chi connectivity index (χ1) is 7.18. The van der Waals surface area contributed by atoms with E-state index in [4.69, 9.17) is 12.2 Å². The molecule has 1 heterocycles. The summed E-state index contributed by atoms with van der Waals surface area (Å²) in [5, 5.41) is 3.95. The molecule has 0 saturated carbocycles. The molecule has 0 radical (unpaired) electrons. The van der Waals surface area contributed by atoms with Crippen molar-refractivity contribution in [2.24, 2.45) is 0 Å². The molecule has 1 aliphatic heterocycles. The molecule has 1 aromatic rings. The van der Waals surface area contributed by atoms with Crippen LogP contribution in [0.25, 0.3) is 0 Å². The minimum Gasteiger partial charge on any atom is -0.336 e. The molecule has 1 aromatic carbocycles. The summed E-state index contributed by atoms with van der Waals surface area (Å²) in [4.78, 5) is 2.11. The third kappa shape index (κ3) is 2.02. The molecular formula is C12H14N2S. The highest BCUT2D eigenvalue weighted by Crippen LogP contribution is 2.20. The second-order valence-electron chi connectivity index (χ2n) is 3.73. The summed E-state index contributed by atoms with van der Waals surface area (Å²) in [6.45, 7) is 4.18. The summed E-state index contributed by atoms with van der Waals surface area (Å²) < 4.78 is 0. The Bertz CT molecular complexity index is 397. The van der Waals surface area contributed by atoms with Gasteiger partial charge in [-0.2, -0.15) is 0 Å². The van der Waals surface area contributed by atoms with Crippen LogP contribution in [0.15, 0.2) is 42.1 Å². The molecule has 1 atom stereocenters. The highest BCUT2D eigenvalue weighted by atomic mass is 32.1. The summed E-state index contributed by atoms with van der Waals surface area (Å²) in [6.07, 6.45) is 2.17. The maximum absolute atomic E-state index is 5.34. The number of hydrogen-bond donors (Lipinski definition) is 1. The fourth-order valence-electron chi connectivity index (χ4n) is 1.83. The maximum Gasteiger partial charge on any atom is 0.178 e. The molecule has 0 saturated heterocycles. The van der Waals surface area contributed by atoms with E-state index in [0.29, 0.717) is 6.04 Å². The number of rotatable bonds is 1. The van der Waals surface area contributed by atoms with E-state index in [1.165, 1.54) is 0 Å². The second kappa shape index (κ2) is 4.03. The summed E-state index contributed by atoms with van der Waals surface area (Å²) in [6, 6.07) is 10.5. The predicted octanol–water partition coefficient (Wildman–Crippen LogP) is 2.67. The Labute approximate surface area is 95.6 Å². The second-order valence-corrected chi connectivity index (χ2v) is 4.11. The van der Waals surface area contributed by atoms with Gasteiger partial charge in [0.1, 0.15) is 0 Å². The van der Waals surface area contributed by atoms with E-state index in [1.807, 2.05) is 25.1 Å². The number of hydrogen-bond acceptors (Lipinski definition) is 1. The van der Waals surface area contributed by atoms with Gasteiger partial charge in [0.05, 0.1) is 6.04 Å². The van der Waals surface area contributed by atoms with Gasteiger partial charge in [0.15, 0.2) is 5.11 Å². The molecule has 1 N–H and O–H groups in total. The van der Waals surface area contributed by atoms with Crippen LogP contribution in [-0.2, 0) is 0 Å². The van der Waals surface area contributed by atoms with Crippen LogP contribution < -0.4 is 10.2 Å². The molecule has 0 spiro atoms. The largest absolute Gasteiger partial charge is 0.336 e. The van der Waals surface area contributed by atoms with Gasteiger partial charge in [-0.15, -0.1) is 0 Å². The Morgan fingerprint density at radius 3 is 2.53 bits per heavy atom. The molecule has 2 rings (SSSR count). The SMILES string of the molecule is CC1=CC(C)N(c2ccccc2)C(=S)N1. The van der Waals surface area contributed by atoms with Crippen molar-refractivity contribution in [3.05, 3.63) is 42.1 Å². The Morgan fingerprint density at radius 1 is 1.27 bits per heavy atom. The minimum atomic E-state index is 0.307. The van der Waals surface area contributed by atoms with Crippen molar-refractivity contribution < 1.29 is 0 Å². The lowest BCUT2D eigenvalue weighted by Gasteiger charge is -2.34. The normalized spacial score (nSPS) is 20.9. The van der Waals surface area contributed by atoms with E-state index in [1.54, 1.807) is 0 Å². The molecule has 1 aliphatic rings. The van der Waals surface area contributed by atoms with E-state index in [0.717, 1.165) is 16.5 Å². The van der Waals surface area contributed by atoms with Crippen molar-refractivity contribution >= 4 is 23.0 Å². The average molecular weight is 218 g/mol. The van der Waals surface area contributed by atoms with Gasteiger partial charge in [0.25, 0.3) is 0 Å². The van der Waals surface area contributed by atoms with E-state index >= 15 is 0 Å². The van der Waals surface area contributed by atoms with Crippen LogP contribution in [-0.4, -0.2) is 11.2 Å². The first kappa shape index (κ1) is 10.2. The first-order valence-corrected chi connectivity index (χ1v) is 5.43. The number of anilines is 1. The van der Waals surface area contributed by atoms with E-state index in [2.05, 4.69) is 35.3 Å². The van der Waals surface area contributed by atoms with Crippen LogP contribution in [0.2, 0.25) is 0 Å². The third-order valence-corrected chi connectivity index (χ3v) is 2.75. The molecule has 2 nitrogen and oxygen atoms in total. The zero-order chi connectivity index (χ0) is 10.8. The number of benzene rings is 1. The van der Waals surface area contributed by atoms with Crippen LogP contribution in [0.5, 0.6) is 0 Å². The average Bonchev–Trinajstić information content (AvgIpc) is 2.17. The zero-order valence-electron chi connectivity index (χ0n) is 8.90. The van der Waals surface area contributed by atoms with Gasteiger partial charge in [-0.1, -0.05) is 18.2 Å². The van der Waals surface area contributed by atoms with Crippen LogP contribution in [0.3, 0.4) is 0 Å². The highest BCUT2D eigenvalue weighted by molar-refractivity contribution is 7.80. The predicted molar refractivity (Wildman–Crippen MR) is 67.9 cm³/mol. The van der Waals surface area contributed by atoms with Crippen molar-refractivity contribution in [2.45, 2.75) is 19.9 Å². The number of thiocarbonyl (C=S) groups is 1. The van der Waals surface area contributed by atoms with Crippen LogP contribution in [0.4, 0.5) is 5.69 Å². The smallest absolute Gasteiger partial charge is 0.178 e. The van der Waals surface area contributed by atoms with Gasteiger partial charge in [-0.25, -0.2) is 0 Å². The first-order valence-electron chi connectivity index (χ1n) is 5.02. The lowest BCUT2D eigenvalue weighted by Crippen LogP contribution is -2.47. The molecule has 0 bridgehead atoms. The van der Waals surface area contributed by atoms with Gasteiger partial charge in [-0.05, 0) is 44.3 Å². The molecule has 15 heavy (non-hydrogen) atoms. The Balaban J connectivity index is 2.34. The summed E-state index contributed by atoms with van der Waals surface area (Å²) >= 11 is 5.34. The van der Waals surface area contributed by atoms with Crippen LogP contribution in [0, 0.1) is 0 Å². The zero-order valence-corrected chi connectivity index (χ0v) is 9.71. The van der Waals surface area contributed by atoms with Gasteiger partial charge >= 0.3 is 0 Å². The highest BCUT2D eigenvalue weighted by Gasteiger charge is 2.21. The fourth-order valence-corrected chi connectivity index (χ4v) is 2.27. The molecule has 0 amide bonds. The summed E-state index contributed by atoms with van der Waals surface area (Å²) in [5.74, 6) is 0. The standard InChI is InChI=1S/C12H14N2S/c1-9-8-10(2)14(12(15)13-9)11-6-4-3-5-7-11/h3-8,10H,1-2H3,(H,13,15). The Morgan fingerprint density at radius 2 is 1.93 bits per heavy atom. The summed E-state index contributed by atoms with van der Waals surface area (Å²) in [5.41, 5.74) is 2.26. The van der Waals surface area contributed by atoms with Gasteiger partial charge in [-0.3, -0.25) is 0 Å².